The normalized spacial score (nSPS) is 15.0. The third kappa shape index (κ3) is 7.26. The fraction of sp³-hybridized carbons (Fsp3) is 0.438. The Labute approximate surface area is 126 Å². The number of aryl methyl sites for hydroxylation is 1. The molecule has 0 fully saturated rings. The second kappa shape index (κ2) is 8.16. The summed E-state index contributed by atoms with van der Waals surface area (Å²) in [4.78, 5) is 21.1. The van der Waals surface area contributed by atoms with Gasteiger partial charge in [0, 0.05) is 11.7 Å². The maximum absolute atomic E-state index is 12.0. The molecule has 116 valence electrons. The van der Waals surface area contributed by atoms with E-state index in [2.05, 4.69) is 0 Å². The minimum absolute atomic E-state index is 0.0393. The predicted molar refractivity (Wildman–Crippen MR) is 84.9 cm³/mol. The van der Waals surface area contributed by atoms with Crippen LogP contribution in [0.1, 0.15) is 25.8 Å². The largest absolute Gasteiger partial charge is 0.478 e. The second-order valence-corrected chi connectivity index (χ2v) is 8.01. The predicted octanol–water partition coefficient (Wildman–Crippen LogP) is 3.56. The van der Waals surface area contributed by atoms with Gasteiger partial charge in [-0.3, -0.25) is 4.57 Å². The van der Waals surface area contributed by atoms with Gasteiger partial charge < -0.3 is 10.00 Å². The van der Waals surface area contributed by atoms with E-state index in [9.17, 15) is 14.3 Å². The summed E-state index contributed by atoms with van der Waals surface area (Å²) in [6, 6.07) is 9.74. The first-order valence-corrected chi connectivity index (χ1v) is 9.10. The topological polar surface area (TPSA) is 74.6 Å². The van der Waals surface area contributed by atoms with E-state index in [1.54, 1.807) is 6.08 Å². The number of allylic oxidation sites excluding steroid dienone is 1. The first kappa shape index (κ1) is 17.7. The molecule has 0 saturated heterocycles. The van der Waals surface area contributed by atoms with Crippen molar-refractivity contribution in [2.75, 3.05) is 12.3 Å². The third-order valence-corrected chi connectivity index (χ3v) is 5.14. The van der Waals surface area contributed by atoms with Crippen molar-refractivity contribution in [3.05, 3.63) is 47.5 Å². The molecule has 0 aliphatic carbocycles. The van der Waals surface area contributed by atoms with Gasteiger partial charge in [-0.25, -0.2) is 4.79 Å². The van der Waals surface area contributed by atoms with Crippen LogP contribution in [-0.4, -0.2) is 28.3 Å². The number of hydrogen-bond donors (Lipinski definition) is 2. The lowest BCUT2D eigenvalue weighted by Gasteiger charge is -2.14. The highest BCUT2D eigenvalue weighted by Gasteiger charge is 2.24. The summed E-state index contributed by atoms with van der Waals surface area (Å²) >= 11 is 0. The van der Waals surface area contributed by atoms with E-state index in [4.69, 9.17) is 5.11 Å². The monoisotopic (exact) mass is 310 g/mol. The van der Waals surface area contributed by atoms with Crippen LogP contribution in [0.5, 0.6) is 0 Å². The molecule has 0 amide bonds. The van der Waals surface area contributed by atoms with Crippen LogP contribution >= 0.6 is 7.37 Å². The molecule has 1 rings (SSSR count). The van der Waals surface area contributed by atoms with Gasteiger partial charge in [0.2, 0.25) is 7.37 Å². The Morgan fingerprint density at radius 3 is 2.43 bits per heavy atom. The van der Waals surface area contributed by atoms with Crippen molar-refractivity contribution in [1.29, 1.82) is 0 Å². The number of hydrogen-bond acceptors (Lipinski definition) is 2. The van der Waals surface area contributed by atoms with Crippen LogP contribution in [0.25, 0.3) is 0 Å². The summed E-state index contributed by atoms with van der Waals surface area (Å²) in [5, 5.41) is 9.17. The molecule has 21 heavy (non-hydrogen) atoms. The summed E-state index contributed by atoms with van der Waals surface area (Å²) < 4.78 is 12.0. The van der Waals surface area contributed by atoms with Crippen LogP contribution in [0.4, 0.5) is 0 Å². The fourth-order valence-corrected chi connectivity index (χ4v) is 4.25. The Kier molecular flexibility index (Phi) is 6.86. The summed E-state index contributed by atoms with van der Waals surface area (Å²) in [6.45, 7) is 3.70. The first-order valence-electron chi connectivity index (χ1n) is 7.07. The first-order chi connectivity index (χ1) is 9.80. The maximum atomic E-state index is 12.0. The van der Waals surface area contributed by atoms with E-state index in [0.717, 1.165) is 12.0 Å². The molecule has 0 aliphatic heterocycles. The number of carbonyl (C=O) groups is 1. The fourth-order valence-electron chi connectivity index (χ4n) is 2.18. The van der Waals surface area contributed by atoms with E-state index in [0.29, 0.717) is 6.42 Å². The molecular weight excluding hydrogens is 287 g/mol. The molecule has 5 heteroatoms. The van der Waals surface area contributed by atoms with Gasteiger partial charge in [0.25, 0.3) is 0 Å². The van der Waals surface area contributed by atoms with Crippen molar-refractivity contribution in [2.45, 2.75) is 26.7 Å². The van der Waals surface area contributed by atoms with Crippen LogP contribution in [0, 0.1) is 5.92 Å². The zero-order valence-electron chi connectivity index (χ0n) is 12.5. The zero-order valence-corrected chi connectivity index (χ0v) is 13.4. The van der Waals surface area contributed by atoms with E-state index in [1.807, 2.05) is 44.2 Å². The maximum Gasteiger partial charge on any atom is 0.331 e. The third-order valence-electron chi connectivity index (χ3n) is 3.01. The van der Waals surface area contributed by atoms with Crippen LogP contribution in [-0.2, 0) is 15.8 Å². The molecule has 0 spiro atoms. The van der Waals surface area contributed by atoms with Gasteiger partial charge in [-0.2, -0.15) is 0 Å². The Hall–Kier alpha value is -1.38. The molecule has 0 saturated carbocycles. The number of benzene rings is 1. The second-order valence-electron chi connectivity index (χ2n) is 5.64. The Bertz CT molecular complexity index is 534. The Balaban J connectivity index is 2.67. The lowest BCUT2D eigenvalue weighted by Crippen LogP contribution is -2.09. The molecule has 1 atom stereocenters. The van der Waals surface area contributed by atoms with Gasteiger partial charge >= 0.3 is 5.97 Å². The lowest BCUT2D eigenvalue weighted by molar-refractivity contribution is -0.132. The van der Waals surface area contributed by atoms with Crippen molar-refractivity contribution in [2.24, 2.45) is 5.92 Å². The summed E-state index contributed by atoms with van der Waals surface area (Å²) in [7, 11) is -3.42. The molecule has 0 bridgehead atoms. The van der Waals surface area contributed by atoms with Gasteiger partial charge in [-0.05, 0) is 24.3 Å². The van der Waals surface area contributed by atoms with Crippen LogP contribution in [0.3, 0.4) is 0 Å². The number of carboxylic acid groups (broad SMARTS) is 1. The Morgan fingerprint density at radius 2 is 1.90 bits per heavy atom. The highest BCUT2D eigenvalue weighted by Crippen LogP contribution is 2.44. The zero-order chi connectivity index (χ0) is 15.9. The molecule has 0 heterocycles. The Morgan fingerprint density at radius 1 is 1.29 bits per heavy atom. The van der Waals surface area contributed by atoms with Gasteiger partial charge in [-0.15, -0.1) is 0 Å². The SMILES string of the molecule is CC(C)CP(=O)(O)C/C(=C\CCc1ccccc1)C(=O)O. The molecule has 0 radical (unpaired) electrons. The van der Waals surface area contributed by atoms with E-state index >= 15 is 0 Å². The number of aliphatic carboxylic acids is 1. The average molecular weight is 310 g/mol. The van der Waals surface area contributed by atoms with Crippen LogP contribution in [0.15, 0.2) is 42.0 Å². The van der Waals surface area contributed by atoms with Gasteiger partial charge in [0.1, 0.15) is 0 Å². The molecule has 1 unspecified atom stereocenters. The summed E-state index contributed by atoms with van der Waals surface area (Å²) in [5.74, 6) is -1.04. The van der Waals surface area contributed by atoms with Crippen molar-refractivity contribution < 1.29 is 19.4 Å². The molecule has 1 aromatic carbocycles. The van der Waals surface area contributed by atoms with Crippen LogP contribution in [0.2, 0.25) is 0 Å². The number of carboxylic acids is 1. The average Bonchev–Trinajstić information content (AvgIpc) is 2.37. The van der Waals surface area contributed by atoms with Crippen molar-refractivity contribution in [3.63, 3.8) is 0 Å². The van der Waals surface area contributed by atoms with Crippen LogP contribution < -0.4 is 0 Å². The summed E-state index contributed by atoms with van der Waals surface area (Å²) in [6.07, 6.45) is 2.73. The molecule has 4 nitrogen and oxygen atoms in total. The van der Waals surface area contributed by atoms with Gasteiger partial charge in [-0.1, -0.05) is 50.3 Å². The quantitative estimate of drug-likeness (QED) is 0.569. The smallest absolute Gasteiger partial charge is 0.331 e. The molecule has 0 aliphatic rings. The van der Waals surface area contributed by atoms with E-state index in [1.165, 1.54) is 0 Å². The van der Waals surface area contributed by atoms with Gasteiger partial charge in [0.05, 0.1) is 6.16 Å². The molecule has 2 N–H and O–H groups in total. The van der Waals surface area contributed by atoms with Crippen molar-refractivity contribution in [3.8, 4) is 0 Å². The number of rotatable bonds is 8. The standard InChI is InChI=1S/C16H23O4P/c1-13(2)11-21(19,20)12-15(16(17)18)10-6-9-14-7-4-3-5-8-14/h3-5,7-8,10,13H,6,9,11-12H2,1-2H3,(H,17,18)(H,19,20)/b15-10+. The van der Waals surface area contributed by atoms with Crippen molar-refractivity contribution >= 4 is 13.3 Å². The molecule has 0 aromatic heterocycles. The highest BCUT2D eigenvalue weighted by molar-refractivity contribution is 7.58. The van der Waals surface area contributed by atoms with E-state index < -0.39 is 13.3 Å². The highest BCUT2D eigenvalue weighted by atomic mass is 31.2. The minimum atomic E-state index is -3.42. The van der Waals surface area contributed by atoms with Gasteiger partial charge in [0.15, 0.2) is 0 Å². The minimum Gasteiger partial charge on any atom is -0.478 e. The summed E-state index contributed by atoms with van der Waals surface area (Å²) in [5.41, 5.74) is 1.16. The lowest BCUT2D eigenvalue weighted by atomic mass is 10.1. The van der Waals surface area contributed by atoms with E-state index in [-0.39, 0.29) is 23.8 Å². The van der Waals surface area contributed by atoms with Crippen molar-refractivity contribution in [1.82, 2.24) is 0 Å². The molecule has 1 aromatic rings. The molecular formula is C16H23O4P.